The maximum atomic E-state index is 13.3. The highest BCUT2D eigenvalue weighted by atomic mass is 19.1. The number of ether oxygens (including phenoxy) is 2. The summed E-state index contributed by atoms with van der Waals surface area (Å²) in [4.78, 5) is 43.7. The maximum Gasteiger partial charge on any atom is 0.413 e. The lowest BCUT2D eigenvalue weighted by Crippen LogP contribution is -2.46. The molecule has 0 spiro atoms. The van der Waals surface area contributed by atoms with Crippen molar-refractivity contribution in [1.29, 1.82) is 0 Å². The topological polar surface area (TPSA) is 118 Å². The van der Waals surface area contributed by atoms with E-state index < -0.39 is 29.8 Å². The number of phenols is 1. The average Bonchev–Trinajstić information content (AvgIpc) is 3.17. The van der Waals surface area contributed by atoms with Crippen molar-refractivity contribution in [1.82, 2.24) is 15.2 Å². The van der Waals surface area contributed by atoms with Crippen LogP contribution in [-0.2, 0) is 22.6 Å². The van der Waals surface area contributed by atoms with Gasteiger partial charge in [-0.2, -0.15) is 0 Å². The summed E-state index contributed by atoms with van der Waals surface area (Å²) >= 11 is 0. The van der Waals surface area contributed by atoms with Gasteiger partial charge < -0.3 is 24.8 Å². The number of amides is 2. The number of carbonyl (C=O) groups is 3. The normalized spacial score (nSPS) is 13.6. The number of nitrogens with one attached hydrogen (secondary N) is 1. The Hall–Kier alpha value is -4.21. The van der Waals surface area contributed by atoms with Gasteiger partial charge in [0.15, 0.2) is 5.75 Å². The molecule has 2 heterocycles. The Morgan fingerprint density at radius 3 is 2.60 bits per heavy atom. The molecule has 10 heteroatoms. The van der Waals surface area contributed by atoms with Gasteiger partial charge >= 0.3 is 12.1 Å². The third-order valence-electron chi connectivity index (χ3n) is 5.82. The summed E-state index contributed by atoms with van der Waals surface area (Å²) in [5.41, 5.74) is 1.08. The Morgan fingerprint density at radius 1 is 1.23 bits per heavy atom. The molecule has 1 aliphatic rings. The minimum atomic E-state index is -0.946. The second-order valence-electron chi connectivity index (χ2n) is 8.50. The predicted octanol–water partition coefficient (Wildman–Crippen LogP) is 3.52. The number of fused-ring (bicyclic) bond motifs is 2. The summed E-state index contributed by atoms with van der Waals surface area (Å²) < 4.78 is 23.7. The molecule has 0 aliphatic carbocycles. The second kappa shape index (κ2) is 9.57. The summed E-state index contributed by atoms with van der Waals surface area (Å²) in [6, 6.07) is 7.99. The van der Waals surface area contributed by atoms with Crippen molar-refractivity contribution in [2.75, 3.05) is 7.11 Å². The standard InChI is InChI=1S/C25H24FN3O6/c1-13(2)19(24(32)34-3)28-25(33)35-22-16-5-4-10-27-20(16)21(30)18-17(22)12-29(23(18)31)11-14-6-8-15(26)9-7-14/h4-10,13,19,30H,11-12H2,1-3H3,(H,28,33). The van der Waals surface area contributed by atoms with Gasteiger partial charge in [-0.15, -0.1) is 0 Å². The van der Waals surface area contributed by atoms with Crippen molar-refractivity contribution in [3.63, 3.8) is 0 Å². The zero-order valence-electron chi connectivity index (χ0n) is 19.4. The largest absolute Gasteiger partial charge is 0.505 e. The van der Waals surface area contributed by atoms with Gasteiger partial charge in [0.05, 0.1) is 19.2 Å². The molecule has 0 saturated carbocycles. The van der Waals surface area contributed by atoms with Crippen molar-refractivity contribution >= 4 is 28.9 Å². The molecular formula is C25H24FN3O6. The molecule has 0 bridgehead atoms. The van der Waals surface area contributed by atoms with E-state index in [2.05, 4.69) is 10.3 Å². The summed E-state index contributed by atoms with van der Waals surface area (Å²) in [5, 5.41) is 13.7. The van der Waals surface area contributed by atoms with Crippen LogP contribution in [0.5, 0.6) is 11.5 Å². The molecule has 9 nitrogen and oxygen atoms in total. The van der Waals surface area contributed by atoms with Crippen molar-refractivity contribution in [3.05, 3.63) is 65.1 Å². The first kappa shape index (κ1) is 23.9. The lowest BCUT2D eigenvalue weighted by Gasteiger charge is -2.20. The zero-order chi connectivity index (χ0) is 25.3. The maximum absolute atomic E-state index is 13.3. The highest BCUT2D eigenvalue weighted by Gasteiger charge is 2.37. The van der Waals surface area contributed by atoms with Crippen molar-refractivity contribution in [2.45, 2.75) is 33.0 Å². The van der Waals surface area contributed by atoms with E-state index in [-0.39, 0.29) is 41.6 Å². The molecule has 1 unspecified atom stereocenters. The minimum absolute atomic E-state index is 0.0190. The van der Waals surface area contributed by atoms with Crippen molar-refractivity contribution in [3.8, 4) is 11.5 Å². The van der Waals surface area contributed by atoms with E-state index in [1.165, 1.54) is 30.3 Å². The molecule has 2 N–H and O–H groups in total. The molecule has 0 saturated heterocycles. The first-order valence-corrected chi connectivity index (χ1v) is 10.9. The molecule has 4 rings (SSSR count). The number of hydrogen-bond donors (Lipinski definition) is 2. The van der Waals surface area contributed by atoms with Gasteiger partial charge in [0.1, 0.15) is 23.1 Å². The third-order valence-corrected chi connectivity index (χ3v) is 5.82. The van der Waals surface area contributed by atoms with Crippen LogP contribution in [0.4, 0.5) is 9.18 Å². The molecule has 182 valence electrons. The van der Waals surface area contributed by atoms with Crippen molar-refractivity contribution < 1.29 is 33.4 Å². The van der Waals surface area contributed by atoms with E-state index in [0.29, 0.717) is 16.5 Å². The Kier molecular flexibility index (Phi) is 6.54. The fraction of sp³-hybridized carbons (Fsp3) is 0.280. The molecule has 0 fully saturated rings. The minimum Gasteiger partial charge on any atom is -0.505 e. The average molecular weight is 481 g/mol. The van der Waals surface area contributed by atoms with E-state index in [9.17, 15) is 23.9 Å². The lowest BCUT2D eigenvalue weighted by molar-refractivity contribution is -0.144. The van der Waals surface area contributed by atoms with Crippen molar-refractivity contribution in [2.24, 2.45) is 5.92 Å². The summed E-state index contributed by atoms with van der Waals surface area (Å²) in [6.45, 7) is 3.68. The fourth-order valence-electron chi connectivity index (χ4n) is 4.04. The van der Waals surface area contributed by atoms with Crippen LogP contribution >= 0.6 is 0 Å². The predicted molar refractivity (Wildman–Crippen MR) is 123 cm³/mol. The SMILES string of the molecule is COC(=O)C(NC(=O)Oc1c2c(c(O)c3ncccc13)C(=O)N(Cc1ccc(F)cc1)C2)C(C)C. The number of nitrogens with zero attached hydrogens (tertiary/aromatic N) is 2. The number of aromatic nitrogens is 1. The van der Waals surface area contributed by atoms with E-state index in [1.54, 1.807) is 38.1 Å². The smallest absolute Gasteiger partial charge is 0.413 e. The van der Waals surface area contributed by atoms with Crippen LogP contribution in [0.1, 0.15) is 35.3 Å². The molecule has 3 aromatic rings. The third kappa shape index (κ3) is 4.59. The Bertz CT molecular complexity index is 1310. The van der Waals surface area contributed by atoms with Crippen LogP contribution in [0.15, 0.2) is 42.6 Å². The van der Waals surface area contributed by atoms with Crippen LogP contribution in [0, 0.1) is 11.7 Å². The van der Waals surface area contributed by atoms with E-state index in [1.807, 2.05) is 0 Å². The number of hydrogen-bond acceptors (Lipinski definition) is 7. The Labute approximate surface area is 200 Å². The quantitative estimate of drug-likeness (QED) is 0.517. The lowest BCUT2D eigenvalue weighted by atomic mass is 10.0. The van der Waals surface area contributed by atoms with Crippen LogP contribution in [-0.4, -0.2) is 46.1 Å². The zero-order valence-corrected chi connectivity index (χ0v) is 19.4. The number of rotatable bonds is 6. The molecule has 1 aliphatic heterocycles. The Balaban J connectivity index is 1.71. The van der Waals surface area contributed by atoms with Crippen LogP contribution in [0.3, 0.4) is 0 Å². The Morgan fingerprint density at radius 2 is 1.94 bits per heavy atom. The molecule has 0 radical (unpaired) electrons. The van der Waals surface area contributed by atoms with E-state index in [0.717, 1.165) is 0 Å². The van der Waals surface area contributed by atoms with Crippen LogP contribution in [0.25, 0.3) is 10.9 Å². The molecule has 2 amide bonds. The van der Waals surface area contributed by atoms with Gasteiger partial charge in [-0.1, -0.05) is 26.0 Å². The summed E-state index contributed by atoms with van der Waals surface area (Å²) in [6.07, 6.45) is 0.525. The van der Waals surface area contributed by atoms with Gasteiger partial charge in [0.2, 0.25) is 0 Å². The first-order valence-electron chi connectivity index (χ1n) is 10.9. The van der Waals surface area contributed by atoms with Gasteiger partial charge in [0.25, 0.3) is 5.91 Å². The van der Waals surface area contributed by atoms with E-state index >= 15 is 0 Å². The monoisotopic (exact) mass is 481 g/mol. The van der Waals surface area contributed by atoms with E-state index in [4.69, 9.17) is 9.47 Å². The van der Waals surface area contributed by atoms with Gasteiger partial charge in [-0.25, -0.2) is 14.0 Å². The second-order valence-corrected chi connectivity index (χ2v) is 8.50. The molecular weight excluding hydrogens is 457 g/mol. The number of benzene rings is 2. The van der Waals surface area contributed by atoms with Crippen LogP contribution < -0.4 is 10.1 Å². The first-order chi connectivity index (χ1) is 16.7. The highest BCUT2D eigenvalue weighted by molar-refractivity contribution is 6.09. The number of pyridine rings is 1. The molecule has 35 heavy (non-hydrogen) atoms. The molecule has 1 atom stereocenters. The summed E-state index contributed by atoms with van der Waals surface area (Å²) in [5.74, 6) is -2.03. The number of aromatic hydroxyl groups is 1. The van der Waals surface area contributed by atoms with Gasteiger partial charge in [0, 0.05) is 23.7 Å². The number of phenolic OH excluding ortho intramolecular Hbond substituents is 1. The fourth-order valence-corrected chi connectivity index (χ4v) is 4.04. The summed E-state index contributed by atoms with van der Waals surface area (Å²) in [7, 11) is 1.22. The number of esters is 1. The number of methoxy groups -OCH3 is 1. The number of halogens is 1. The molecule has 2 aromatic carbocycles. The van der Waals surface area contributed by atoms with Gasteiger partial charge in [-0.3, -0.25) is 9.78 Å². The number of carbonyl (C=O) groups excluding carboxylic acids is 3. The highest BCUT2D eigenvalue weighted by Crippen LogP contribution is 2.44. The van der Waals surface area contributed by atoms with Gasteiger partial charge in [-0.05, 0) is 35.7 Å². The van der Waals surface area contributed by atoms with Crippen LogP contribution in [0.2, 0.25) is 0 Å². The molecule has 1 aromatic heterocycles.